The van der Waals surface area contributed by atoms with Crippen molar-refractivity contribution in [2.75, 3.05) is 6.61 Å². The smallest absolute Gasteiger partial charge is 0.352 e. The molecule has 1 aromatic heterocycles. The first-order chi connectivity index (χ1) is 7.68. The summed E-state index contributed by atoms with van der Waals surface area (Å²) < 4.78 is 7.43. The van der Waals surface area contributed by atoms with Crippen LogP contribution in [0.1, 0.15) is 23.5 Å². The second-order valence-corrected chi connectivity index (χ2v) is 4.06. The number of rotatable bonds is 1. The Morgan fingerprint density at radius 1 is 1.56 bits per heavy atom. The maximum atomic E-state index is 11.2. The van der Waals surface area contributed by atoms with Gasteiger partial charge in [0.15, 0.2) is 0 Å². The first-order valence-electron chi connectivity index (χ1n) is 5.18. The molecule has 0 bridgehead atoms. The Balaban J connectivity index is 2.44. The van der Waals surface area contributed by atoms with Crippen molar-refractivity contribution >= 4 is 16.9 Å². The number of nitrogens with zero attached hydrogens (tertiary/aromatic N) is 1. The molecule has 1 atom stereocenters. The van der Waals surface area contributed by atoms with Crippen LogP contribution >= 0.6 is 0 Å². The minimum Gasteiger partial charge on any atom is -0.489 e. The molecule has 0 unspecified atom stereocenters. The standard InChI is InChI=1S/C12H11NO3/c1-7-6-16-10-4-2-3-8-5-9(12(14)15)13(7)11(8)10/h2-5,7H,6H2,1H3,(H,14,15)/t7-/m1/s1. The third-order valence-electron chi connectivity index (χ3n) is 2.96. The lowest BCUT2D eigenvalue weighted by Gasteiger charge is -2.24. The topological polar surface area (TPSA) is 51.5 Å². The van der Waals surface area contributed by atoms with Crippen LogP contribution in [-0.2, 0) is 0 Å². The summed E-state index contributed by atoms with van der Waals surface area (Å²) in [7, 11) is 0. The van der Waals surface area contributed by atoms with Crippen molar-refractivity contribution in [2.45, 2.75) is 13.0 Å². The molecule has 0 saturated carbocycles. The van der Waals surface area contributed by atoms with E-state index in [1.165, 1.54) is 0 Å². The second-order valence-electron chi connectivity index (χ2n) is 4.06. The van der Waals surface area contributed by atoms with Crippen LogP contribution in [0.2, 0.25) is 0 Å². The minimum atomic E-state index is -0.893. The number of carbonyl (C=O) groups is 1. The lowest BCUT2D eigenvalue weighted by Crippen LogP contribution is -2.22. The monoisotopic (exact) mass is 217 g/mol. The van der Waals surface area contributed by atoms with Crippen molar-refractivity contribution < 1.29 is 14.6 Å². The van der Waals surface area contributed by atoms with Gasteiger partial charge in [0.1, 0.15) is 18.1 Å². The highest BCUT2D eigenvalue weighted by Gasteiger charge is 2.24. The molecule has 1 aliphatic rings. The van der Waals surface area contributed by atoms with Gasteiger partial charge in [0.25, 0.3) is 0 Å². The van der Waals surface area contributed by atoms with E-state index in [-0.39, 0.29) is 6.04 Å². The van der Waals surface area contributed by atoms with Crippen molar-refractivity contribution in [3.8, 4) is 5.75 Å². The van der Waals surface area contributed by atoms with Gasteiger partial charge in [-0.15, -0.1) is 0 Å². The average molecular weight is 217 g/mol. The third-order valence-corrected chi connectivity index (χ3v) is 2.96. The molecule has 82 valence electrons. The number of aromatic carboxylic acids is 1. The van der Waals surface area contributed by atoms with Gasteiger partial charge in [-0.25, -0.2) is 4.79 Å². The Kier molecular flexibility index (Phi) is 1.74. The molecule has 0 amide bonds. The summed E-state index contributed by atoms with van der Waals surface area (Å²) in [5.41, 5.74) is 1.22. The Bertz CT molecular complexity index is 585. The number of hydrogen-bond acceptors (Lipinski definition) is 2. The largest absolute Gasteiger partial charge is 0.489 e. The SMILES string of the molecule is C[C@@H]1COc2cccc3cc(C(=O)O)n1c23. The molecular weight excluding hydrogens is 206 g/mol. The van der Waals surface area contributed by atoms with Crippen LogP contribution in [0.25, 0.3) is 10.9 Å². The first-order valence-corrected chi connectivity index (χ1v) is 5.18. The molecule has 3 rings (SSSR count). The molecule has 0 spiro atoms. The fourth-order valence-corrected chi connectivity index (χ4v) is 2.27. The Morgan fingerprint density at radius 3 is 3.12 bits per heavy atom. The van der Waals surface area contributed by atoms with Crippen LogP contribution in [0.3, 0.4) is 0 Å². The van der Waals surface area contributed by atoms with E-state index in [2.05, 4.69) is 0 Å². The van der Waals surface area contributed by atoms with Crippen molar-refractivity contribution in [1.29, 1.82) is 0 Å². The summed E-state index contributed by atoms with van der Waals surface area (Å²) in [6.07, 6.45) is 0. The highest BCUT2D eigenvalue weighted by molar-refractivity contribution is 5.97. The second kappa shape index (κ2) is 3.01. The van der Waals surface area contributed by atoms with Gasteiger partial charge < -0.3 is 14.4 Å². The van der Waals surface area contributed by atoms with E-state index in [1.807, 2.05) is 29.7 Å². The van der Waals surface area contributed by atoms with Gasteiger partial charge in [0.05, 0.1) is 11.6 Å². The van der Waals surface area contributed by atoms with Gasteiger partial charge in [-0.1, -0.05) is 12.1 Å². The van der Waals surface area contributed by atoms with Gasteiger partial charge in [-0.05, 0) is 19.1 Å². The van der Waals surface area contributed by atoms with Gasteiger partial charge in [0.2, 0.25) is 0 Å². The fraction of sp³-hybridized carbons (Fsp3) is 0.250. The maximum absolute atomic E-state index is 11.2. The van der Waals surface area contributed by atoms with E-state index in [4.69, 9.17) is 9.84 Å². The van der Waals surface area contributed by atoms with E-state index in [0.717, 1.165) is 16.7 Å². The molecule has 0 radical (unpaired) electrons. The van der Waals surface area contributed by atoms with E-state index in [0.29, 0.717) is 12.3 Å². The van der Waals surface area contributed by atoms with Crippen molar-refractivity contribution in [2.24, 2.45) is 0 Å². The molecule has 0 saturated heterocycles. The lowest BCUT2D eigenvalue weighted by atomic mass is 10.2. The Morgan fingerprint density at radius 2 is 2.38 bits per heavy atom. The number of aromatic nitrogens is 1. The number of hydrogen-bond donors (Lipinski definition) is 1. The predicted octanol–water partition coefficient (Wildman–Crippen LogP) is 2.29. The van der Waals surface area contributed by atoms with Crippen molar-refractivity contribution in [1.82, 2.24) is 4.57 Å². The van der Waals surface area contributed by atoms with E-state index in [1.54, 1.807) is 6.07 Å². The molecule has 0 aliphatic carbocycles. The van der Waals surface area contributed by atoms with Gasteiger partial charge >= 0.3 is 5.97 Å². The zero-order valence-corrected chi connectivity index (χ0v) is 8.80. The zero-order chi connectivity index (χ0) is 11.3. The van der Waals surface area contributed by atoms with Crippen LogP contribution in [-0.4, -0.2) is 22.2 Å². The van der Waals surface area contributed by atoms with E-state index < -0.39 is 5.97 Å². The lowest BCUT2D eigenvalue weighted by molar-refractivity contribution is 0.0680. The average Bonchev–Trinajstić information content (AvgIpc) is 2.65. The summed E-state index contributed by atoms with van der Waals surface area (Å²) >= 11 is 0. The molecule has 2 aromatic rings. The molecule has 4 heteroatoms. The third kappa shape index (κ3) is 1.07. The van der Waals surface area contributed by atoms with Crippen LogP contribution in [0.4, 0.5) is 0 Å². The minimum absolute atomic E-state index is 0.0542. The molecule has 0 fully saturated rings. The molecule has 4 nitrogen and oxygen atoms in total. The number of para-hydroxylation sites is 1. The van der Waals surface area contributed by atoms with Crippen LogP contribution < -0.4 is 4.74 Å². The molecule has 2 heterocycles. The highest BCUT2D eigenvalue weighted by Crippen LogP contribution is 2.35. The zero-order valence-electron chi connectivity index (χ0n) is 8.80. The molecule has 1 aromatic carbocycles. The number of carboxylic acids is 1. The predicted molar refractivity (Wildman–Crippen MR) is 59.1 cm³/mol. The Hall–Kier alpha value is -1.97. The molecule has 1 aliphatic heterocycles. The van der Waals surface area contributed by atoms with Crippen LogP contribution in [0.5, 0.6) is 5.75 Å². The maximum Gasteiger partial charge on any atom is 0.352 e. The summed E-state index contributed by atoms with van der Waals surface area (Å²) in [4.78, 5) is 11.2. The Labute approximate surface area is 92.1 Å². The van der Waals surface area contributed by atoms with Crippen molar-refractivity contribution in [3.05, 3.63) is 30.0 Å². The summed E-state index contributed by atoms with van der Waals surface area (Å²) in [5.74, 6) is -0.126. The highest BCUT2D eigenvalue weighted by atomic mass is 16.5. The molecular formula is C12H11NO3. The van der Waals surface area contributed by atoms with Gasteiger partial charge in [-0.3, -0.25) is 0 Å². The summed E-state index contributed by atoms with van der Waals surface area (Å²) in [5, 5.41) is 10.1. The van der Waals surface area contributed by atoms with Crippen LogP contribution in [0.15, 0.2) is 24.3 Å². The number of ether oxygens (including phenoxy) is 1. The quantitative estimate of drug-likeness (QED) is 0.797. The number of benzene rings is 1. The van der Waals surface area contributed by atoms with Gasteiger partial charge in [-0.2, -0.15) is 0 Å². The summed E-state index contributed by atoms with van der Waals surface area (Å²) in [6, 6.07) is 7.41. The van der Waals surface area contributed by atoms with E-state index >= 15 is 0 Å². The van der Waals surface area contributed by atoms with Crippen LogP contribution in [0, 0.1) is 0 Å². The number of carboxylic acid groups (broad SMARTS) is 1. The van der Waals surface area contributed by atoms with E-state index in [9.17, 15) is 4.79 Å². The normalized spacial score (nSPS) is 18.4. The first kappa shape index (κ1) is 9.27. The van der Waals surface area contributed by atoms with Gasteiger partial charge in [0, 0.05) is 5.39 Å². The molecule has 1 N–H and O–H groups in total. The fourth-order valence-electron chi connectivity index (χ4n) is 2.27. The van der Waals surface area contributed by atoms with Crippen molar-refractivity contribution in [3.63, 3.8) is 0 Å². The molecule has 16 heavy (non-hydrogen) atoms. The summed E-state index contributed by atoms with van der Waals surface area (Å²) in [6.45, 7) is 2.48.